The number of aromatic nitrogens is 2. The van der Waals surface area contributed by atoms with Gasteiger partial charge in [-0.2, -0.15) is 18.3 Å². The quantitative estimate of drug-likeness (QED) is 0.793. The van der Waals surface area contributed by atoms with Crippen LogP contribution in [0.4, 0.5) is 24.5 Å². The van der Waals surface area contributed by atoms with Crippen molar-refractivity contribution in [3.8, 4) is 0 Å². The fourth-order valence-electron chi connectivity index (χ4n) is 2.70. The molecule has 1 aliphatic carbocycles. The minimum absolute atomic E-state index is 0.0162. The van der Waals surface area contributed by atoms with Crippen molar-refractivity contribution in [1.82, 2.24) is 10.2 Å². The highest BCUT2D eigenvalue weighted by atomic mass is 19.4. The van der Waals surface area contributed by atoms with E-state index >= 15 is 0 Å². The van der Waals surface area contributed by atoms with Crippen LogP contribution in [-0.4, -0.2) is 28.2 Å². The molecule has 0 fully saturated rings. The average Bonchev–Trinajstić information content (AvgIpc) is 3.00. The summed E-state index contributed by atoms with van der Waals surface area (Å²) in [7, 11) is 0. The number of hydrogen-bond acceptors (Lipinski definition) is 3. The third kappa shape index (κ3) is 3.81. The second kappa shape index (κ2) is 6.58. The number of halogens is 3. The summed E-state index contributed by atoms with van der Waals surface area (Å²) in [5.41, 5.74) is 2.60. The highest BCUT2D eigenvalue weighted by Gasteiger charge is 2.38. The Morgan fingerprint density at radius 1 is 1.00 bits per heavy atom. The zero-order valence-electron chi connectivity index (χ0n) is 13.0. The van der Waals surface area contributed by atoms with E-state index in [0.29, 0.717) is 11.4 Å². The van der Waals surface area contributed by atoms with Crippen molar-refractivity contribution in [3.05, 3.63) is 41.2 Å². The molecule has 0 radical (unpaired) electrons. The van der Waals surface area contributed by atoms with Gasteiger partial charge >= 0.3 is 12.1 Å². The Bertz CT molecular complexity index is 797. The Hall–Kier alpha value is -2.84. The maximum Gasteiger partial charge on any atom is 0.471 e. The molecular weight excluding hydrogens is 337 g/mol. The lowest BCUT2D eigenvalue weighted by molar-refractivity contribution is -0.167. The number of nitrogens with one attached hydrogen (secondary N) is 3. The SMILES string of the molecule is O=C(Nc1ccc(NC(=O)C(F)(F)F)cc1)c1n[nH]c2c1CCCC2. The number of H-pyrrole nitrogens is 1. The molecule has 1 aromatic heterocycles. The van der Waals surface area contributed by atoms with Crippen LogP contribution in [0, 0.1) is 0 Å². The number of carbonyl (C=O) groups is 2. The van der Waals surface area contributed by atoms with Crippen LogP contribution < -0.4 is 10.6 Å². The van der Waals surface area contributed by atoms with Crippen LogP contribution in [-0.2, 0) is 17.6 Å². The molecule has 1 aromatic carbocycles. The first kappa shape index (κ1) is 17.0. The van der Waals surface area contributed by atoms with Gasteiger partial charge in [-0.15, -0.1) is 0 Å². The molecule has 3 N–H and O–H groups in total. The van der Waals surface area contributed by atoms with Crippen LogP contribution >= 0.6 is 0 Å². The lowest BCUT2D eigenvalue weighted by Crippen LogP contribution is -2.29. The Morgan fingerprint density at radius 3 is 2.24 bits per heavy atom. The fourth-order valence-corrected chi connectivity index (χ4v) is 2.70. The summed E-state index contributed by atoms with van der Waals surface area (Å²) in [4.78, 5) is 23.2. The number of carbonyl (C=O) groups excluding carboxylic acids is 2. The van der Waals surface area contributed by atoms with Gasteiger partial charge < -0.3 is 10.6 Å². The molecule has 1 aliphatic rings. The molecule has 0 aliphatic heterocycles. The molecular formula is C16H15F3N4O2. The number of rotatable bonds is 3. The number of alkyl halides is 3. The number of hydrogen-bond donors (Lipinski definition) is 3. The first-order valence-electron chi connectivity index (χ1n) is 7.70. The van der Waals surface area contributed by atoms with Gasteiger partial charge in [0.1, 0.15) is 0 Å². The van der Waals surface area contributed by atoms with Gasteiger partial charge in [0.25, 0.3) is 5.91 Å². The maximum absolute atomic E-state index is 12.3. The second-order valence-electron chi connectivity index (χ2n) is 5.72. The van der Waals surface area contributed by atoms with Crippen molar-refractivity contribution >= 4 is 23.2 Å². The predicted molar refractivity (Wildman–Crippen MR) is 84.3 cm³/mol. The van der Waals surface area contributed by atoms with Gasteiger partial charge in [-0.25, -0.2) is 0 Å². The number of amides is 2. The fraction of sp³-hybridized carbons (Fsp3) is 0.312. The molecule has 2 aromatic rings. The lowest BCUT2D eigenvalue weighted by atomic mass is 9.96. The minimum atomic E-state index is -4.95. The van der Waals surface area contributed by atoms with E-state index in [1.54, 1.807) is 5.32 Å². The van der Waals surface area contributed by atoms with Crippen LogP contribution in [0.3, 0.4) is 0 Å². The Morgan fingerprint density at radius 2 is 1.60 bits per heavy atom. The maximum atomic E-state index is 12.3. The Balaban J connectivity index is 1.66. The Kier molecular flexibility index (Phi) is 4.47. The lowest BCUT2D eigenvalue weighted by Gasteiger charge is -2.11. The summed E-state index contributed by atoms with van der Waals surface area (Å²) in [6, 6.07) is 5.37. The molecule has 0 bridgehead atoms. The zero-order chi connectivity index (χ0) is 18.0. The third-order valence-electron chi connectivity index (χ3n) is 3.93. The standard InChI is InChI=1S/C16H15F3N4O2/c17-16(18,19)15(25)21-10-7-5-9(6-8-10)20-14(24)13-11-3-1-2-4-12(11)22-23-13/h5-8H,1-4H2,(H,20,24)(H,21,25)(H,22,23). The van der Waals surface area contributed by atoms with Crippen LogP contribution in [0.15, 0.2) is 24.3 Å². The van der Waals surface area contributed by atoms with Crippen molar-refractivity contribution < 1.29 is 22.8 Å². The predicted octanol–water partition coefficient (Wildman–Crippen LogP) is 3.04. The molecule has 0 saturated heterocycles. The molecule has 0 saturated carbocycles. The smallest absolute Gasteiger partial charge is 0.321 e. The normalized spacial score (nSPS) is 13.9. The van der Waals surface area contributed by atoms with Gasteiger partial charge in [0.2, 0.25) is 0 Å². The van der Waals surface area contributed by atoms with Crippen LogP contribution in [0.5, 0.6) is 0 Å². The molecule has 0 atom stereocenters. The van der Waals surface area contributed by atoms with Crippen molar-refractivity contribution in [2.24, 2.45) is 0 Å². The van der Waals surface area contributed by atoms with Gasteiger partial charge in [0.05, 0.1) is 0 Å². The van der Waals surface area contributed by atoms with Crippen LogP contribution in [0.2, 0.25) is 0 Å². The van der Waals surface area contributed by atoms with Gasteiger partial charge in [-0.1, -0.05) is 0 Å². The van der Waals surface area contributed by atoms with E-state index in [1.165, 1.54) is 24.3 Å². The Labute approximate surface area is 140 Å². The molecule has 132 valence electrons. The molecule has 2 amide bonds. The highest BCUT2D eigenvalue weighted by molar-refractivity contribution is 6.04. The second-order valence-corrected chi connectivity index (χ2v) is 5.72. The topological polar surface area (TPSA) is 86.9 Å². The van der Waals surface area contributed by atoms with E-state index in [1.807, 2.05) is 0 Å². The molecule has 0 spiro atoms. The van der Waals surface area contributed by atoms with E-state index in [-0.39, 0.29) is 11.6 Å². The van der Waals surface area contributed by atoms with E-state index in [9.17, 15) is 22.8 Å². The summed E-state index contributed by atoms with van der Waals surface area (Å²) >= 11 is 0. The summed E-state index contributed by atoms with van der Waals surface area (Å²) in [5.74, 6) is -2.43. The summed E-state index contributed by atoms with van der Waals surface area (Å²) in [6.07, 6.45) is -1.24. The molecule has 9 heteroatoms. The highest BCUT2D eigenvalue weighted by Crippen LogP contribution is 2.23. The molecule has 3 rings (SSSR count). The number of nitrogens with zero attached hydrogens (tertiary/aromatic N) is 1. The van der Waals surface area contributed by atoms with Gasteiger partial charge in [0, 0.05) is 22.6 Å². The van der Waals surface area contributed by atoms with Crippen LogP contribution in [0.1, 0.15) is 34.6 Å². The average molecular weight is 352 g/mol. The zero-order valence-corrected chi connectivity index (χ0v) is 13.0. The molecule has 25 heavy (non-hydrogen) atoms. The third-order valence-corrected chi connectivity index (χ3v) is 3.93. The van der Waals surface area contributed by atoms with E-state index in [4.69, 9.17) is 0 Å². The van der Waals surface area contributed by atoms with Gasteiger partial charge in [0.15, 0.2) is 5.69 Å². The van der Waals surface area contributed by atoms with Crippen molar-refractivity contribution in [2.45, 2.75) is 31.9 Å². The first-order chi connectivity index (χ1) is 11.8. The van der Waals surface area contributed by atoms with E-state index < -0.39 is 12.1 Å². The monoisotopic (exact) mass is 352 g/mol. The van der Waals surface area contributed by atoms with Gasteiger partial charge in [-0.3, -0.25) is 14.7 Å². The van der Waals surface area contributed by atoms with E-state index in [2.05, 4.69) is 15.5 Å². The summed E-state index contributed by atoms with van der Waals surface area (Å²) < 4.78 is 36.6. The summed E-state index contributed by atoms with van der Waals surface area (Å²) in [6.45, 7) is 0. The molecule has 6 nitrogen and oxygen atoms in total. The van der Waals surface area contributed by atoms with Crippen LogP contribution in [0.25, 0.3) is 0 Å². The van der Waals surface area contributed by atoms with Crippen molar-refractivity contribution in [1.29, 1.82) is 0 Å². The largest absolute Gasteiger partial charge is 0.471 e. The number of aryl methyl sites for hydroxylation is 1. The van der Waals surface area contributed by atoms with Crippen molar-refractivity contribution in [3.63, 3.8) is 0 Å². The number of fused-ring (bicyclic) bond motifs is 1. The number of aromatic amines is 1. The molecule has 0 unspecified atom stereocenters. The first-order valence-corrected chi connectivity index (χ1v) is 7.70. The van der Waals surface area contributed by atoms with E-state index in [0.717, 1.165) is 36.9 Å². The minimum Gasteiger partial charge on any atom is -0.321 e. The van der Waals surface area contributed by atoms with Gasteiger partial charge in [-0.05, 0) is 49.9 Å². The molecule has 1 heterocycles. The summed E-state index contributed by atoms with van der Waals surface area (Å²) in [5, 5.41) is 11.3. The number of anilines is 2. The van der Waals surface area contributed by atoms with Crippen molar-refractivity contribution in [2.75, 3.05) is 10.6 Å². The number of benzene rings is 1.